The van der Waals surface area contributed by atoms with Gasteiger partial charge in [0.05, 0.1) is 6.61 Å². The third kappa shape index (κ3) is 7.25. The number of ether oxygens (including phenoxy) is 1. The van der Waals surface area contributed by atoms with Crippen LogP contribution in [0.15, 0.2) is 29.8 Å². The summed E-state index contributed by atoms with van der Waals surface area (Å²) in [5.41, 5.74) is 4.99. The predicted molar refractivity (Wildman–Crippen MR) is 164 cm³/mol. The molecular weight excluding hydrogens is 526 g/mol. The summed E-state index contributed by atoms with van der Waals surface area (Å²) < 4.78 is 5.76. The number of unbranched alkanes of at least 4 members (excludes halogenated alkanes) is 3. The van der Waals surface area contributed by atoms with Crippen molar-refractivity contribution >= 4 is 40.6 Å². The van der Waals surface area contributed by atoms with Crippen LogP contribution in [0.3, 0.4) is 0 Å². The van der Waals surface area contributed by atoms with Gasteiger partial charge >= 0.3 is 0 Å². The largest absolute Gasteiger partial charge is 0.380 e. The first-order valence-corrected chi connectivity index (χ1v) is 15.6. The zero-order chi connectivity index (χ0) is 28.0. The number of anilines is 1. The van der Waals surface area contributed by atoms with Crippen molar-refractivity contribution in [1.29, 1.82) is 5.26 Å². The molecule has 210 valence electrons. The van der Waals surface area contributed by atoms with Gasteiger partial charge in [-0.05, 0) is 72.1 Å². The Kier molecular flexibility index (Phi) is 10.1. The topological polar surface area (TPSA) is 65.4 Å². The summed E-state index contributed by atoms with van der Waals surface area (Å²) in [6.45, 7) is 6.08. The molecule has 39 heavy (non-hydrogen) atoms. The molecule has 0 saturated heterocycles. The van der Waals surface area contributed by atoms with Gasteiger partial charge in [0, 0.05) is 54.0 Å². The summed E-state index contributed by atoms with van der Waals surface area (Å²) in [5, 5.41) is 12.5. The Morgan fingerprint density at radius 1 is 1.15 bits per heavy atom. The first-order valence-electron chi connectivity index (χ1n) is 14.3. The minimum absolute atomic E-state index is 0.128. The summed E-state index contributed by atoms with van der Waals surface area (Å²) in [6.07, 6.45) is 10.5. The molecule has 2 unspecified atom stereocenters. The lowest BCUT2D eigenvalue weighted by atomic mass is 9.82. The first kappa shape index (κ1) is 29.6. The van der Waals surface area contributed by atoms with Gasteiger partial charge in [-0.1, -0.05) is 45.6 Å². The first-order chi connectivity index (χ1) is 18.8. The lowest BCUT2D eigenvalue weighted by Gasteiger charge is -2.22. The maximum Gasteiger partial charge on any atom is 0.262 e. The minimum Gasteiger partial charge on any atom is -0.380 e. The predicted octanol–water partition coefficient (Wildman–Crippen LogP) is 7.38. The number of fused-ring (bicyclic) bond motifs is 3. The van der Waals surface area contributed by atoms with Crippen molar-refractivity contribution in [2.24, 2.45) is 11.8 Å². The van der Waals surface area contributed by atoms with E-state index in [1.54, 1.807) is 17.4 Å². The molecule has 1 saturated carbocycles. The highest BCUT2D eigenvalue weighted by atomic mass is 35.5. The highest BCUT2D eigenvalue weighted by Gasteiger charge is 2.38. The minimum atomic E-state index is -0.346. The quantitative estimate of drug-likeness (QED) is 0.106. The second-order valence-electron chi connectivity index (χ2n) is 11.6. The van der Waals surface area contributed by atoms with Crippen LogP contribution in [0.1, 0.15) is 74.8 Å². The lowest BCUT2D eigenvalue weighted by molar-refractivity contribution is -0.117. The number of nitrogens with zero attached hydrogens (tertiary/aromatic N) is 2. The highest BCUT2D eigenvalue weighted by molar-refractivity contribution is 7.16. The van der Waals surface area contributed by atoms with Crippen molar-refractivity contribution in [1.82, 2.24) is 5.32 Å². The third-order valence-corrected chi connectivity index (χ3v) is 9.59. The Labute approximate surface area is 243 Å². The van der Waals surface area contributed by atoms with E-state index < -0.39 is 0 Å². The van der Waals surface area contributed by atoms with Crippen molar-refractivity contribution in [3.05, 3.63) is 45.8 Å². The summed E-state index contributed by atoms with van der Waals surface area (Å²) >= 11 is 7.38. The number of benzene rings is 1. The molecule has 0 spiro atoms. The van der Waals surface area contributed by atoms with E-state index in [0.717, 1.165) is 42.0 Å². The van der Waals surface area contributed by atoms with Crippen LogP contribution in [0.4, 0.5) is 5.69 Å². The van der Waals surface area contributed by atoms with Gasteiger partial charge in [-0.15, -0.1) is 22.9 Å². The Bertz CT molecular complexity index is 1230. The number of amides is 1. The molecule has 7 heteroatoms. The monoisotopic (exact) mass is 567 g/mol. The van der Waals surface area contributed by atoms with E-state index in [2.05, 4.69) is 68.5 Å². The Balaban J connectivity index is 1.22. The van der Waals surface area contributed by atoms with E-state index in [4.69, 9.17) is 16.3 Å². The van der Waals surface area contributed by atoms with Crippen LogP contribution in [0.2, 0.25) is 0 Å². The van der Waals surface area contributed by atoms with Crippen molar-refractivity contribution in [3.8, 4) is 16.5 Å². The number of rotatable bonds is 15. The number of hydrogen-bond acceptors (Lipinski definition) is 5. The fraction of sp³-hybridized carbons (Fsp3) is 0.562. The van der Waals surface area contributed by atoms with Gasteiger partial charge in [-0.2, -0.15) is 5.26 Å². The molecule has 1 heterocycles. The standard InChI is InChI=1S/C32H42ClN3O2S/c1-32(2)28-19-25(36(3)4)10-11-27(28)30-29(32)20-26(39-30)18-24(21-34)31(37)35-14-16-38-15-12-23-17-22(23)9-7-5-6-8-13-33/h10-11,18-20,22-23H,5-9,12-17H2,1-4H3,(H,35,37)/b24-18+. The van der Waals surface area contributed by atoms with Gasteiger partial charge in [-0.3, -0.25) is 4.79 Å². The van der Waals surface area contributed by atoms with E-state index in [1.807, 2.05) is 0 Å². The molecule has 0 aliphatic heterocycles. The van der Waals surface area contributed by atoms with E-state index in [9.17, 15) is 10.1 Å². The Hall–Kier alpha value is -2.33. The maximum absolute atomic E-state index is 12.7. The fourth-order valence-corrected chi connectivity index (χ4v) is 7.14. The average Bonchev–Trinajstić information content (AvgIpc) is 3.46. The van der Waals surface area contributed by atoms with Gasteiger partial charge in [0.15, 0.2) is 0 Å². The molecule has 1 aromatic heterocycles. The Morgan fingerprint density at radius 3 is 2.67 bits per heavy atom. The number of carbonyl (C=O) groups excluding carboxylic acids is 1. The summed E-state index contributed by atoms with van der Waals surface area (Å²) in [7, 11) is 4.11. The van der Waals surface area contributed by atoms with E-state index >= 15 is 0 Å². The average molecular weight is 568 g/mol. The zero-order valence-electron chi connectivity index (χ0n) is 23.8. The van der Waals surface area contributed by atoms with Crippen LogP contribution in [0.25, 0.3) is 16.5 Å². The molecule has 5 nitrogen and oxygen atoms in total. The number of alkyl halides is 1. The molecular formula is C32H42ClN3O2S. The van der Waals surface area contributed by atoms with Crippen molar-refractivity contribution < 1.29 is 9.53 Å². The van der Waals surface area contributed by atoms with Gasteiger partial charge in [0.1, 0.15) is 11.6 Å². The normalized spacial score (nSPS) is 18.8. The molecule has 2 aromatic rings. The van der Waals surface area contributed by atoms with Crippen molar-refractivity contribution in [2.75, 3.05) is 44.6 Å². The number of nitrogens with one attached hydrogen (secondary N) is 1. The van der Waals surface area contributed by atoms with Crippen LogP contribution in [0.5, 0.6) is 0 Å². The smallest absolute Gasteiger partial charge is 0.262 e. The molecule has 0 radical (unpaired) electrons. The number of nitriles is 1. The number of halogens is 1. The van der Waals surface area contributed by atoms with E-state index in [1.165, 1.54) is 59.4 Å². The summed E-state index contributed by atoms with van der Waals surface area (Å²) in [5.74, 6) is 2.11. The lowest BCUT2D eigenvalue weighted by Crippen LogP contribution is -2.28. The molecule has 1 fully saturated rings. The molecule has 1 amide bonds. The molecule has 1 N–H and O–H groups in total. The third-order valence-electron chi connectivity index (χ3n) is 8.21. The molecule has 2 aliphatic carbocycles. The number of carbonyl (C=O) groups is 1. The SMILES string of the molecule is CN(C)c1ccc2c(c1)C(C)(C)c1cc(/C=C(\C#N)C(=O)NCCOCCC3CC3CCCCCCCl)sc1-2. The van der Waals surface area contributed by atoms with Crippen LogP contribution < -0.4 is 10.2 Å². The summed E-state index contributed by atoms with van der Waals surface area (Å²) in [6, 6.07) is 10.8. The molecule has 2 aliphatic rings. The highest BCUT2D eigenvalue weighted by Crippen LogP contribution is 2.53. The second kappa shape index (κ2) is 13.4. The van der Waals surface area contributed by atoms with Crippen LogP contribution in [-0.2, 0) is 14.9 Å². The van der Waals surface area contributed by atoms with Gasteiger partial charge < -0.3 is 15.0 Å². The van der Waals surface area contributed by atoms with Gasteiger partial charge in [0.25, 0.3) is 5.91 Å². The van der Waals surface area contributed by atoms with Gasteiger partial charge in [-0.25, -0.2) is 0 Å². The maximum atomic E-state index is 12.7. The van der Waals surface area contributed by atoms with Crippen LogP contribution in [0, 0.1) is 23.2 Å². The van der Waals surface area contributed by atoms with Gasteiger partial charge in [0.2, 0.25) is 0 Å². The Morgan fingerprint density at radius 2 is 1.92 bits per heavy atom. The van der Waals surface area contributed by atoms with Crippen molar-refractivity contribution in [3.63, 3.8) is 0 Å². The molecule has 1 aromatic carbocycles. The van der Waals surface area contributed by atoms with Crippen LogP contribution >= 0.6 is 22.9 Å². The second-order valence-corrected chi connectivity index (χ2v) is 13.1. The van der Waals surface area contributed by atoms with Crippen molar-refractivity contribution in [2.45, 2.75) is 64.2 Å². The number of thiophene rings is 1. The van der Waals surface area contributed by atoms with E-state index in [-0.39, 0.29) is 16.9 Å². The zero-order valence-corrected chi connectivity index (χ0v) is 25.4. The van der Waals surface area contributed by atoms with Crippen LogP contribution in [-0.4, -0.2) is 45.6 Å². The number of hydrogen-bond donors (Lipinski definition) is 1. The van der Waals surface area contributed by atoms with E-state index in [0.29, 0.717) is 13.2 Å². The molecule has 0 bridgehead atoms. The summed E-state index contributed by atoms with van der Waals surface area (Å²) in [4.78, 5) is 16.9. The molecule has 4 rings (SSSR count). The fourth-order valence-electron chi connectivity index (χ4n) is 5.65. The molecule has 2 atom stereocenters.